The summed E-state index contributed by atoms with van der Waals surface area (Å²) in [5.74, 6) is 0. The smallest absolute Gasteiger partial charge is 0.0907 e. The van der Waals surface area contributed by atoms with Crippen LogP contribution in [0.1, 0.15) is 0 Å². The van der Waals surface area contributed by atoms with Crippen molar-refractivity contribution in [1.82, 2.24) is 4.90 Å². The van der Waals surface area contributed by atoms with E-state index in [0.717, 1.165) is 11.4 Å². The van der Waals surface area contributed by atoms with Gasteiger partial charge in [-0.2, -0.15) is 0 Å². The third kappa shape index (κ3) is 3.44. The van der Waals surface area contributed by atoms with E-state index in [1.165, 1.54) is 0 Å². The topological polar surface area (TPSA) is 18.8 Å². The van der Waals surface area contributed by atoms with Crippen LogP contribution in [-0.4, -0.2) is 39.4 Å². The van der Waals surface area contributed by atoms with Crippen LogP contribution >= 0.6 is 11.6 Å². The Hall–Kier alpha value is -1.22. The quantitative estimate of drug-likeness (QED) is 0.582. The highest BCUT2D eigenvalue weighted by Crippen LogP contribution is 2.28. The Morgan fingerprint density at radius 2 is 1.87 bits per heavy atom. The number of nitrogens with zero attached hydrogens (tertiary/aromatic N) is 3. The summed E-state index contributed by atoms with van der Waals surface area (Å²) < 4.78 is 0. The first-order valence-corrected chi connectivity index (χ1v) is 5.06. The van der Waals surface area contributed by atoms with Crippen LogP contribution in [0, 0.1) is 0 Å². The normalized spacial score (nSPS) is 10.7. The molecule has 1 rings (SSSR count). The van der Waals surface area contributed by atoms with E-state index >= 15 is 0 Å². The van der Waals surface area contributed by atoms with Crippen molar-refractivity contribution in [3.63, 3.8) is 0 Å². The molecule has 0 unspecified atom stereocenters. The first kappa shape index (κ1) is 11.9. The predicted molar refractivity (Wildman–Crippen MR) is 67.6 cm³/mol. The highest BCUT2D eigenvalue weighted by molar-refractivity contribution is 6.33. The van der Waals surface area contributed by atoms with Gasteiger partial charge in [0.05, 0.1) is 17.0 Å². The molecule has 15 heavy (non-hydrogen) atoms. The summed E-state index contributed by atoms with van der Waals surface area (Å²) in [6.45, 7) is 0. The van der Waals surface area contributed by atoms with Crippen molar-refractivity contribution in [2.75, 3.05) is 33.1 Å². The summed E-state index contributed by atoms with van der Waals surface area (Å²) in [7, 11) is 7.83. The Morgan fingerprint density at radius 1 is 1.20 bits per heavy atom. The van der Waals surface area contributed by atoms with Gasteiger partial charge in [-0.05, 0) is 18.2 Å². The molecule has 0 aliphatic rings. The molecule has 0 aliphatic carbocycles. The fraction of sp³-hybridized carbons (Fsp3) is 0.364. The molecule has 0 radical (unpaired) electrons. The summed E-state index contributed by atoms with van der Waals surface area (Å²) in [4.78, 5) is 8.18. The Bertz CT molecular complexity index is 359. The fourth-order valence-electron chi connectivity index (χ4n) is 1.06. The average Bonchev–Trinajstić information content (AvgIpc) is 2.16. The van der Waals surface area contributed by atoms with E-state index in [1.54, 1.807) is 6.34 Å². The van der Waals surface area contributed by atoms with Gasteiger partial charge in [-0.15, -0.1) is 0 Å². The third-order valence-corrected chi connectivity index (χ3v) is 2.19. The van der Waals surface area contributed by atoms with E-state index in [2.05, 4.69) is 4.99 Å². The summed E-state index contributed by atoms with van der Waals surface area (Å²) in [5.41, 5.74) is 1.88. The molecular weight excluding hydrogens is 210 g/mol. The monoisotopic (exact) mass is 225 g/mol. The fourth-order valence-corrected chi connectivity index (χ4v) is 1.22. The van der Waals surface area contributed by atoms with Crippen molar-refractivity contribution >= 4 is 29.3 Å². The van der Waals surface area contributed by atoms with Gasteiger partial charge in [0.2, 0.25) is 0 Å². The number of hydrogen-bond donors (Lipinski definition) is 0. The zero-order chi connectivity index (χ0) is 11.4. The maximum Gasteiger partial charge on any atom is 0.0907 e. The number of aliphatic imine (C=N–C) groups is 1. The van der Waals surface area contributed by atoms with Gasteiger partial charge >= 0.3 is 0 Å². The second-order valence-corrected chi connectivity index (χ2v) is 4.15. The molecule has 0 aliphatic heterocycles. The molecule has 0 fully saturated rings. The number of benzene rings is 1. The van der Waals surface area contributed by atoms with E-state index in [-0.39, 0.29) is 0 Å². The molecule has 3 nitrogen and oxygen atoms in total. The van der Waals surface area contributed by atoms with E-state index < -0.39 is 0 Å². The van der Waals surface area contributed by atoms with Crippen molar-refractivity contribution in [3.05, 3.63) is 23.2 Å². The van der Waals surface area contributed by atoms with Crippen LogP contribution < -0.4 is 4.90 Å². The van der Waals surface area contributed by atoms with Gasteiger partial charge in [-0.3, -0.25) is 0 Å². The van der Waals surface area contributed by atoms with Crippen LogP contribution in [0.2, 0.25) is 5.02 Å². The van der Waals surface area contributed by atoms with E-state index in [0.29, 0.717) is 5.02 Å². The lowest BCUT2D eigenvalue weighted by atomic mass is 10.2. The van der Waals surface area contributed by atoms with E-state index in [9.17, 15) is 0 Å². The van der Waals surface area contributed by atoms with Crippen molar-refractivity contribution in [2.24, 2.45) is 4.99 Å². The molecule has 0 atom stereocenters. The molecule has 4 heteroatoms. The maximum atomic E-state index is 6.03. The molecule has 0 saturated heterocycles. The number of rotatable bonds is 3. The molecule has 82 valence electrons. The standard InChI is InChI=1S/C11H16ClN3/c1-14(2)8-13-11-7-9(15(3)4)5-6-10(11)12/h5-8H,1-4H3. The van der Waals surface area contributed by atoms with Gasteiger partial charge in [0.15, 0.2) is 0 Å². The Labute approximate surface area is 96.0 Å². The highest BCUT2D eigenvalue weighted by atomic mass is 35.5. The molecule has 1 aromatic rings. The van der Waals surface area contributed by atoms with Crippen LogP contribution in [0.4, 0.5) is 11.4 Å². The highest BCUT2D eigenvalue weighted by Gasteiger charge is 2.01. The Morgan fingerprint density at radius 3 is 2.40 bits per heavy atom. The van der Waals surface area contributed by atoms with Gasteiger partial charge in [0.25, 0.3) is 0 Å². The van der Waals surface area contributed by atoms with Gasteiger partial charge in [0.1, 0.15) is 0 Å². The van der Waals surface area contributed by atoms with Gasteiger partial charge in [-0.25, -0.2) is 4.99 Å². The number of halogens is 1. The average molecular weight is 226 g/mol. The molecular formula is C11H16ClN3. The second kappa shape index (κ2) is 5.03. The molecule has 0 saturated carbocycles. The lowest BCUT2D eigenvalue weighted by Gasteiger charge is -2.13. The summed E-state index contributed by atoms with van der Waals surface area (Å²) in [6.07, 6.45) is 1.74. The molecule has 0 bridgehead atoms. The minimum Gasteiger partial charge on any atom is -0.378 e. The Kier molecular flexibility index (Phi) is 3.97. The van der Waals surface area contributed by atoms with Crippen LogP contribution in [-0.2, 0) is 0 Å². The molecule has 0 aromatic heterocycles. The minimum atomic E-state index is 0.665. The summed E-state index contributed by atoms with van der Waals surface area (Å²) >= 11 is 6.03. The zero-order valence-corrected chi connectivity index (χ0v) is 10.3. The van der Waals surface area contributed by atoms with E-state index in [1.807, 2.05) is 56.2 Å². The van der Waals surface area contributed by atoms with Gasteiger partial charge < -0.3 is 9.80 Å². The van der Waals surface area contributed by atoms with Gasteiger partial charge in [0, 0.05) is 33.9 Å². The molecule has 0 N–H and O–H groups in total. The molecule has 1 aromatic carbocycles. The largest absolute Gasteiger partial charge is 0.378 e. The number of anilines is 1. The predicted octanol–water partition coefficient (Wildman–Crippen LogP) is 2.63. The number of hydrogen-bond acceptors (Lipinski definition) is 2. The second-order valence-electron chi connectivity index (χ2n) is 3.74. The zero-order valence-electron chi connectivity index (χ0n) is 9.53. The van der Waals surface area contributed by atoms with Crippen molar-refractivity contribution < 1.29 is 0 Å². The van der Waals surface area contributed by atoms with Gasteiger partial charge in [-0.1, -0.05) is 11.6 Å². The van der Waals surface area contributed by atoms with Crippen molar-refractivity contribution in [1.29, 1.82) is 0 Å². The van der Waals surface area contributed by atoms with Crippen LogP contribution in [0.15, 0.2) is 23.2 Å². The molecule has 0 spiro atoms. The first-order valence-electron chi connectivity index (χ1n) is 4.68. The minimum absolute atomic E-state index is 0.665. The summed E-state index contributed by atoms with van der Waals surface area (Å²) in [5, 5.41) is 0.665. The lowest BCUT2D eigenvalue weighted by Crippen LogP contribution is -2.08. The molecule has 0 heterocycles. The lowest BCUT2D eigenvalue weighted by molar-refractivity contribution is 0.643. The van der Waals surface area contributed by atoms with E-state index in [4.69, 9.17) is 11.6 Å². The maximum absolute atomic E-state index is 6.03. The van der Waals surface area contributed by atoms with Crippen LogP contribution in [0.3, 0.4) is 0 Å². The molecule has 0 amide bonds. The Balaban J connectivity index is 3.00. The SMILES string of the molecule is CN(C)C=Nc1cc(N(C)C)ccc1Cl. The van der Waals surface area contributed by atoms with Crippen LogP contribution in [0.25, 0.3) is 0 Å². The summed E-state index contributed by atoms with van der Waals surface area (Å²) in [6, 6.07) is 5.79. The first-order chi connectivity index (χ1) is 7.00. The van der Waals surface area contributed by atoms with Crippen LogP contribution in [0.5, 0.6) is 0 Å². The van der Waals surface area contributed by atoms with Crippen molar-refractivity contribution in [3.8, 4) is 0 Å². The van der Waals surface area contributed by atoms with Crippen molar-refractivity contribution in [2.45, 2.75) is 0 Å². The third-order valence-electron chi connectivity index (χ3n) is 1.87.